The van der Waals surface area contributed by atoms with E-state index in [0.29, 0.717) is 12.0 Å². The van der Waals surface area contributed by atoms with E-state index in [4.69, 9.17) is 0 Å². The average molecular weight is 282 g/mol. The number of likely N-dealkylation sites (tertiary alicyclic amines) is 1. The molecule has 118 valence electrons. The Kier molecular flexibility index (Phi) is 6.79. The van der Waals surface area contributed by atoms with Gasteiger partial charge in [-0.25, -0.2) is 0 Å². The Hall–Kier alpha value is -0.120. The van der Waals surface area contributed by atoms with Gasteiger partial charge < -0.3 is 15.3 Å². The summed E-state index contributed by atoms with van der Waals surface area (Å²) in [7, 11) is 0. The minimum Gasteiger partial charge on any atom is -0.393 e. The molecule has 20 heavy (non-hydrogen) atoms. The van der Waals surface area contributed by atoms with Crippen LogP contribution in [0.2, 0.25) is 0 Å². The molecule has 0 radical (unpaired) electrons. The van der Waals surface area contributed by atoms with Gasteiger partial charge >= 0.3 is 0 Å². The summed E-state index contributed by atoms with van der Waals surface area (Å²) in [4.78, 5) is 2.51. The molecule has 0 aromatic rings. The minimum absolute atomic E-state index is 0.122. The first-order chi connectivity index (χ1) is 9.72. The van der Waals surface area contributed by atoms with E-state index in [0.717, 1.165) is 38.4 Å². The van der Waals surface area contributed by atoms with Gasteiger partial charge in [0.1, 0.15) is 0 Å². The summed E-state index contributed by atoms with van der Waals surface area (Å²) in [6, 6.07) is 0.580. The Labute approximate surface area is 125 Å². The second-order valence-electron chi connectivity index (χ2n) is 6.93. The highest BCUT2D eigenvalue weighted by atomic mass is 16.3. The van der Waals surface area contributed by atoms with Crippen LogP contribution in [0.5, 0.6) is 0 Å². The van der Waals surface area contributed by atoms with Crippen LogP contribution in [0.4, 0.5) is 0 Å². The summed E-state index contributed by atoms with van der Waals surface area (Å²) < 4.78 is 0. The number of aliphatic hydroxyl groups excluding tert-OH is 1. The predicted molar refractivity (Wildman–Crippen MR) is 84.9 cm³/mol. The van der Waals surface area contributed by atoms with Gasteiger partial charge in [-0.3, -0.25) is 0 Å². The number of nitrogens with one attached hydrogen (secondary N) is 1. The summed E-state index contributed by atoms with van der Waals surface area (Å²) in [5.74, 6) is 1.35. The lowest BCUT2D eigenvalue weighted by molar-refractivity contribution is 0.0366. The van der Waals surface area contributed by atoms with Crippen LogP contribution in [0.1, 0.15) is 58.8 Å². The van der Waals surface area contributed by atoms with Crippen molar-refractivity contribution in [2.45, 2.75) is 70.9 Å². The molecule has 1 saturated heterocycles. The van der Waals surface area contributed by atoms with Crippen molar-refractivity contribution < 1.29 is 5.11 Å². The molecular weight excluding hydrogens is 248 g/mol. The van der Waals surface area contributed by atoms with E-state index in [1.807, 2.05) is 0 Å². The number of hydrogen-bond donors (Lipinski definition) is 2. The minimum atomic E-state index is -0.122. The van der Waals surface area contributed by atoms with Gasteiger partial charge in [0.2, 0.25) is 0 Å². The first-order valence-electron chi connectivity index (χ1n) is 8.86. The Bertz CT molecular complexity index is 266. The number of nitrogens with zero attached hydrogens (tertiary/aromatic N) is 1. The zero-order valence-corrected chi connectivity index (χ0v) is 13.5. The van der Waals surface area contributed by atoms with Gasteiger partial charge in [0.05, 0.1) is 6.10 Å². The fourth-order valence-electron chi connectivity index (χ4n) is 3.98. The highest BCUT2D eigenvalue weighted by Crippen LogP contribution is 2.25. The number of rotatable bonds is 6. The molecule has 2 rings (SSSR count). The fourth-order valence-corrected chi connectivity index (χ4v) is 3.98. The van der Waals surface area contributed by atoms with Crippen LogP contribution in [0.25, 0.3) is 0 Å². The van der Waals surface area contributed by atoms with Gasteiger partial charge in [0, 0.05) is 19.1 Å². The van der Waals surface area contributed by atoms with Crippen LogP contribution in [0, 0.1) is 11.8 Å². The Morgan fingerprint density at radius 2 is 1.90 bits per heavy atom. The van der Waals surface area contributed by atoms with Crippen molar-refractivity contribution in [1.82, 2.24) is 10.2 Å². The van der Waals surface area contributed by atoms with Gasteiger partial charge in [0.25, 0.3) is 0 Å². The molecule has 0 amide bonds. The zero-order valence-electron chi connectivity index (χ0n) is 13.5. The van der Waals surface area contributed by atoms with Crippen LogP contribution in [-0.2, 0) is 0 Å². The first-order valence-corrected chi connectivity index (χ1v) is 8.86. The van der Waals surface area contributed by atoms with Crippen molar-refractivity contribution in [2.24, 2.45) is 11.8 Å². The van der Waals surface area contributed by atoms with Crippen LogP contribution in [0.15, 0.2) is 0 Å². The summed E-state index contributed by atoms with van der Waals surface area (Å²) in [6.07, 6.45) is 9.04. The highest BCUT2D eigenvalue weighted by Gasteiger charge is 2.30. The molecule has 0 spiro atoms. The quantitative estimate of drug-likeness (QED) is 0.786. The molecule has 1 saturated carbocycles. The van der Waals surface area contributed by atoms with Crippen LogP contribution in [-0.4, -0.2) is 48.3 Å². The third-order valence-electron chi connectivity index (χ3n) is 5.39. The Morgan fingerprint density at radius 3 is 2.55 bits per heavy atom. The van der Waals surface area contributed by atoms with Crippen LogP contribution in [0.3, 0.4) is 0 Å². The molecule has 2 aliphatic rings. The summed E-state index contributed by atoms with van der Waals surface area (Å²) in [5, 5.41) is 14.0. The number of aliphatic hydroxyl groups is 1. The number of hydrogen-bond acceptors (Lipinski definition) is 3. The molecule has 0 bridgehead atoms. The van der Waals surface area contributed by atoms with E-state index >= 15 is 0 Å². The van der Waals surface area contributed by atoms with Crippen molar-refractivity contribution in [1.29, 1.82) is 0 Å². The van der Waals surface area contributed by atoms with Crippen molar-refractivity contribution in [3.63, 3.8) is 0 Å². The first kappa shape index (κ1) is 16.3. The zero-order chi connectivity index (χ0) is 14.4. The predicted octanol–water partition coefficient (Wildman–Crippen LogP) is 2.64. The molecule has 3 unspecified atom stereocenters. The molecule has 3 nitrogen and oxygen atoms in total. The largest absolute Gasteiger partial charge is 0.393 e. The van der Waals surface area contributed by atoms with E-state index in [2.05, 4.69) is 24.1 Å². The second kappa shape index (κ2) is 8.35. The maximum Gasteiger partial charge on any atom is 0.0578 e. The van der Waals surface area contributed by atoms with Gasteiger partial charge in [-0.05, 0) is 50.6 Å². The van der Waals surface area contributed by atoms with Gasteiger partial charge in [0.15, 0.2) is 0 Å². The molecule has 0 aromatic carbocycles. The van der Waals surface area contributed by atoms with Crippen molar-refractivity contribution in [3.05, 3.63) is 0 Å². The van der Waals surface area contributed by atoms with E-state index in [1.54, 1.807) is 0 Å². The van der Waals surface area contributed by atoms with E-state index < -0.39 is 0 Å². The smallest absolute Gasteiger partial charge is 0.0578 e. The number of piperidine rings is 1. The Balaban J connectivity index is 1.79. The molecule has 1 aliphatic heterocycles. The van der Waals surface area contributed by atoms with Gasteiger partial charge in [-0.2, -0.15) is 0 Å². The average Bonchev–Trinajstić information content (AvgIpc) is 2.52. The van der Waals surface area contributed by atoms with Crippen molar-refractivity contribution >= 4 is 0 Å². The molecular formula is C17H34N2O. The summed E-state index contributed by atoms with van der Waals surface area (Å²) >= 11 is 0. The molecule has 2 N–H and O–H groups in total. The molecule has 3 heteroatoms. The maximum absolute atomic E-state index is 10.2. The normalized spacial score (nSPS) is 31.4. The maximum atomic E-state index is 10.2. The van der Waals surface area contributed by atoms with Crippen LogP contribution >= 0.6 is 0 Å². The van der Waals surface area contributed by atoms with Gasteiger partial charge in [-0.15, -0.1) is 0 Å². The number of likely N-dealkylation sites (N-methyl/N-ethyl adjacent to an activating group) is 1. The van der Waals surface area contributed by atoms with E-state index in [1.165, 1.54) is 38.6 Å². The SMILES string of the molecule is CCC(O)C1CC(NCC2CCCCC2)CN(CC)C1. The third kappa shape index (κ3) is 4.71. The lowest BCUT2D eigenvalue weighted by Gasteiger charge is -2.40. The molecule has 3 atom stereocenters. The molecule has 1 aliphatic carbocycles. The summed E-state index contributed by atoms with van der Waals surface area (Å²) in [6.45, 7) is 8.87. The summed E-state index contributed by atoms with van der Waals surface area (Å²) in [5.41, 5.74) is 0. The van der Waals surface area contributed by atoms with Gasteiger partial charge in [-0.1, -0.05) is 33.1 Å². The molecule has 0 aromatic heterocycles. The standard InChI is InChI=1S/C17H34N2O/c1-3-17(20)15-10-16(13-19(4-2)12-15)18-11-14-8-6-5-7-9-14/h14-18,20H,3-13H2,1-2H3. The third-order valence-corrected chi connectivity index (χ3v) is 5.39. The van der Waals surface area contributed by atoms with Crippen molar-refractivity contribution in [3.8, 4) is 0 Å². The topological polar surface area (TPSA) is 35.5 Å². The molecule has 2 fully saturated rings. The van der Waals surface area contributed by atoms with Crippen LogP contribution < -0.4 is 5.32 Å². The molecule has 1 heterocycles. The Morgan fingerprint density at radius 1 is 1.15 bits per heavy atom. The monoisotopic (exact) mass is 282 g/mol. The lowest BCUT2D eigenvalue weighted by Crippen LogP contribution is -2.52. The fraction of sp³-hybridized carbons (Fsp3) is 1.00. The highest BCUT2D eigenvalue weighted by molar-refractivity contribution is 4.86. The van der Waals surface area contributed by atoms with Crippen molar-refractivity contribution in [2.75, 3.05) is 26.2 Å². The second-order valence-corrected chi connectivity index (χ2v) is 6.93. The van der Waals surface area contributed by atoms with E-state index in [-0.39, 0.29) is 6.10 Å². The lowest BCUT2D eigenvalue weighted by atomic mass is 9.86. The van der Waals surface area contributed by atoms with E-state index in [9.17, 15) is 5.11 Å².